The van der Waals surface area contributed by atoms with Crippen molar-refractivity contribution in [2.75, 3.05) is 18.4 Å². The molecule has 1 N–H and O–H groups in total. The molecular formula is C32H29ClF3N3O4. The summed E-state index contributed by atoms with van der Waals surface area (Å²) in [6, 6.07) is 23.7. The lowest BCUT2D eigenvalue weighted by molar-refractivity contribution is -0.900. The second kappa shape index (κ2) is 13.0. The van der Waals surface area contributed by atoms with E-state index in [2.05, 4.69) is 10.3 Å². The van der Waals surface area contributed by atoms with Crippen LogP contribution in [-0.2, 0) is 17.5 Å². The highest BCUT2D eigenvalue weighted by Crippen LogP contribution is 2.38. The second-order valence-electron chi connectivity index (χ2n) is 10.5. The number of ether oxygens (including phenoxy) is 2. The van der Waals surface area contributed by atoms with Gasteiger partial charge in [0.15, 0.2) is 0 Å². The van der Waals surface area contributed by atoms with E-state index in [-0.39, 0.29) is 25.6 Å². The molecular weight excluding hydrogens is 583 g/mol. The number of hydroxylamine groups is 3. The van der Waals surface area contributed by atoms with E-state index in [1.165, 1.54) is 12.1 Å². The highest BCUT2D eigenvalue weighted by Gasteiger charge is 2.36. The number of nitrogens with one attached hydrogen (secondary N) is 1. The molecule has 1 unspecified atom stereocenters. The number of hydrogen-bond acceptors (Lipinski definition) is 5. The summed E-state index contributed by atoms with van der Waals surface area (Å²) in [7, 11) is 0. The Morgan fingerprint density at radius 2 is 1.65 bits per heavy atom. The predicted molar refractivity (Wildman–Crippen MR) is 156 cm³/mol. The molecule has 1 aliphatic rings. The molecule has 3 aromatic carbocycles. The van der Waals surface area contributed by atoms with Crippen molar-refractivity contribution < 1.29 is 32.1 Å². The molecule has 0 radical (unpaired) electrons. The van der Waals surface area contributed by atoms with Crippen LogP contribution in [-0.4, -0.2) is 28.8 Å². The van der Waals surface area contributed by atoms with Crippen molar-refractivity contribution in [3.05, 3.63) is 124 Å². The molecule has 11 heteroatoms. The molecule has 1 saturated heterocycles. The summed E-state index contributed by atoms with van der Waals surface area (Å²) in [5.74, 6) is 0.811. The fourth-order valence-corrected chi connectivity index (χ4v) is 5.26. The Morgan fingerprint density at radius 3 is 2.26 bits per heavy atom. The van der Waals surface area contributed by atoms with Crippen molar-refractivity contribution in [3.63, 3.8) is 0 Å². The van der Waals surface area contributed by atoms with Gasteiger partial charge in [-0.15, -0.1) is 0 Å². The van der Waals surface area contributed by atoms with Crippen LogP contribution >= 0.6 is 11.6 Å². The fraction of sp³-hybridized carbons (Fsp3) is 0.250. The van der Waals surface area contributed by atoms with E-state index < -0.39 is 28.6 Å². The Balaban J connectivity index is 1.25. The first-order valence-electron chi connectivity index (χ1n) is 13.7. The number of halogens is 4. The lowest BCUT2D eigenvalue weighted by atomic mass is 9.86. The van der Waals surface area contributed by atoms with Gasteiger partial charge in [0.25, 0.3) is 0 Å². The van der Waals surface area contributed by atoms with Crippen molar-refractivity contribution in [1.82, 2.24) is 4.98 Å². The number of piperidine rings is 1. The number of likely N-dealkylation sites (tertiary alicyclic amines) is 1. The van der Waals surface area contributed by atoms with E-state index in [1.807, 2.05) is 18.2 Å². The van der Waals surface area contributed by atoms with E-state index in [9.17, 15) is 23.2 Å². The number of aromatic nitrogens is 1. The zero-order valence-electron chi connectivity index (χ0n) is 23.0. The van der Waals surface area contributed by atoms with Gasteiger partial charge in [0.1, 0.15) is 18.4 Å². The zero-order chi connectivity index (χ0) is 30.5. The number of anilines is 1. The molecule has 2 heterocycles. The molecule has 0 aliphatic carbocycles. The third kappa shape index (κ3) is 8.25. The lowest BCUT2D eigenvalue weighted by Gasteiger charge is -2.48. The molecule has 0 spiro atoms. The summed E-state index contributed by atoms with van der Waals surface area (Å²) < 4.78 is 50.6. The zero-order valence-corrected chi connectivity index (χ0v) is 23.7. The molecule has 0 saturated carbocycles. The lowest BCUT2D eigenvalue weighted by Crippen LogP contribution is -2.48. The van der Waals surface area contributed by atoms with E-state index in [4.69, 9.17) is 21.1 Å². The summed E-state index contributed by atoms with van der Waals surface area (Å²) in [6.07, 6.45) is -3.61. The van der Waals surface area contributed by atoms with Gasteiger partial charge in [-0.2, -0.15) is 13.2 Å². The topological polar surface area (TPSA) is 83.5 Å². The first-order chi connectivity index (χ1) is 20.6. The number of hydrogen-bond donors (Lipinski definition) is 1. The third-order valence-corrected chi connectivity index (χ3v) is 7.64. The van der Waals surface area contributed by atoms with Gasteiger partial charge < -0.3 is 19.3 Å². The SMILES string of the molecule is O=C(Nc1ccc(Cl)cc1)OC(c1ccc(C(F)(F)F)cc1)C1CC[N+]([O-])(Cc2ccc(Oc3ccccn3)cc2)CC1. The average molecular weight is 612 g/mol. The maximum absolute atomic E-state index is 13.7. The average Bonchev–Trinajstić information content (AvgIpc) is 2.99. The normalized spacial score (nSPS) is 19.3. The van der Waals surface area contributed by atoms with Crippen LogP contribution in [0.3, 0.4) is 0 Å². The van der Waals surface area contributed by atoms with Crippen molar-refractivity contribution >= 4 is 23.4 Å². The number of quaternary nitrogens is 1. The Kier molecular flexibility index (Phi) is 9.19. The Bertz CT molecular complexity index is 1490. The molecule has 0 bridgehead atoms. The third-order valence-electron chi connectivity index (χ3n) is 7.39. The number of alkyl halides is 3. The summed E-state index contributed by atoms with van der Waals surface area (Å²) in [4.78, 5) is 17.0. The first-order valence-corrected chi connectivity index (χ1v) is 14.1. The van der Waals surface area contributed by atoms with Crippen LogP contribution < -0.4 is 10.1 Å². The van der Waals surface area contributed by atoms with E-state index >= 15 is 0 Å². The minimum Gasteiger partial charge on any atom is -0.633 e. The minimum absolute atomic E-state index is 0.249. The molecule has 5 rings (SSSR count). The van der Waals surface area contributed by atoms with Crippen LogP contribution in [0.5, 0.6) is 11.6 Å². The predicted octanol–water partition coefficient (Wildman–Crippen LogP) is 8.76. The molecule has 1 fully saturated rings. The van der Waals surface area contributed by atoms with Gasteiger partial charge in [0.05, 0.1) is 18.7 Å². The molecule has 1 atom stereocenters. The molecule has 224 valence electrons. The van der Waals surface area contributed by atoms with Crippen LogP contribution in [0.4, 0.5) is 23.7 Å². The van der Waals surface area contributed by atoms with Gasteiger partial charge in [-0.05, 0) is 72.3 Å². The number of pyridine rings is 1. The maximum atomic E-state index is 13.7. The van der Waals surface area contributed by atoms with Gasteiger partial charge in [0.2, 0.25) is 5.88 Å². The summed E-state index contributed by atoms with van der Waals surface area (Å²) >= 11 is 5.91. The molecule has 7 nitrogen and oxygen atoms in total. The van der Waals surface area contributed by atoms with Crippen molar-refractivity contribution in [3.8, 4) is 11.6 Å². The van der Waals surface area contributed by atoms with Crippen LogP contribution in [0.15, 0.2) is 97.2 Å². The Labute approximate surface area is 252 Å². The van der Waals surface area contributed by atoms with Crippen molar-refractivity contribution in [2.24, 2.45) is 5.92 Å². The number of amides is 1. The largest absolute Gasteiger partial charge is 0.633 e. The van der Waals surface area contributed by atoms with Crippen LogP contribution in [0.2, 0.25) is 5.02 Å². The summed E-state index contributed by atoms with van der Waals surface area (Å²) in [5.41, 5.74) is 0.935. The van der Waals surface area contributed by atoms with Gasteiger partial charge in [-0.25, -0.2) is 9.78 Å². The number of carbonyl (C=O) groups is 1. The maximum Gasteiger partial charge on any atom is 0.416 e. The van der Waals surface area contributed by atoms with Crippen molar-refractivity contribution in [1.29, 1.82) is 0 Å². The minimum atomic E-state index is -4.49. The standard InChI is InChI=1S/C32H29ClF3N3O4/c33-26-10-12-27(13-11-26)38-31(40)43-30(23-6-8-25(9-7-23)32(34,35)36)24-16-19-39(41,20-17-24)21-22-4-14-28(15-5-22)42-29-3-1-2-18-37-29/h1-15,18,24,30H,16-17,19-21H2,(H,38,40). The molecule has 43 heavy (non-hydrogen) atoms. The summed E-state index contributed by atoms with van der Waals surface area (Å²) in [6.45, 7) is 0.770. The van der Waals surface area contributed by atoms with Crippen LogP contribution in [0.1, 0.15) is 35.6 Å². The van der Waals surface area contributed by atoms with E-state index in [1.54, 1.807) is 54.7 Å². The Morgan fingerprint density at radius 1 is 0.977 bits per heavy atom. The monoisotopic (exact) mass is 611 g/mol. The number of benzene rings is 3. The second-order valence-corrected chi connectivity index (χ2v) is 10.9. The molecule has 1 aromatic heterocycles. The smallest absolute Gasteiger partial charge is 0.416 e. The van der Waals surface area contributed by atoms with Crippen LogP contribution in [0.25, 0.3) is 0 Å². The molecule has 4 aromatic rings. The first kappa shape index (κ1) is 30.3. The highest BCUT2D eigenvalue weighted by atomic mass is 35.5. The van der Waals surface area contributed by atoms with Gasteiger partial charge in [-0.1, -0.05) is 29.8 Å². The van der Waals surface area contributed by atoms with Gasteiger partial charge in [-0.3, -0.25) is 5.32 Å². The van der Waals surface area contributed by atoms with E-state index in [0.29, 0.717) is 40.7 Å². The van der Waals surface area contributed by atoms with Crippen LogP contribution in [0, 0.1) is 11.1 Å². The number of carbonyl (C=O) groups excluding carboxylic acids is 1. The van der Waals surface area contributed by atoms with Crippen molar-refractivity contribution in [2.45, 2.75) is 31.7 Å². The Hall–Kier alpha value is -4.12. The van der Waals surface area contributed by atoms with Gasteiger partial charge in [0, 0.05) is 47.3 Å². The van der Waals surface area contributed by atoms with Gasteiger partial charge >= 0.3 is 12.3 Å². The summed E-state index contributed by atoms with van der Waals surface area (Å²) in [5, 5.41) is 16.8. The highest BCUT2D eigenvalue weighted by molar-refractivity contribution is 6.30. The van der Waals surface area contributed by atoms with E-state index in [0.717, 1.165) is 17.7 Å². The molecule has 1 amide bonds. The number of rotatable bonds is 8. The number of nitrogens with zero attached hydrogens (tertiary/aromatic N) is 2. The molecule has 1 aliphatic heterocycles. The fourth-order valence-electron chi connectivity index (χ4n) is 5.14. The quantitative estimate of drug-likeness (QED) is 0.159.